The molecule has 1 aliphatic rings. The molecule has 29 heavy (non-hydrogen) atoms. The number of hydrazine groups is 1. The van der Waals surface area contributed by atoms with Gasteiger partial charge in [-0.2, -0.15) is 10.1 Å². The molecule has 0 aliphatic carbocycles. The fraction of sp³-hybridized carbons (Fsp3) is 0.696. The van der Waals surface area contributed by atoms with Crippen LogP contribution in [-0.2, 0) is 10.5 Å². The van der Waals surface area contributed by atoms with E-state index in [1.807, 2.05) is 30.1 Å². The smallest absolute Gasteiger partial charge is 0.326 e. The molecule has 0 amide bonds. The summed E-state index contributed by atoms with van der Waals surface area (Å²) in [4.78, 5) is 11.2. The van der Waals surface area contributed by atoms with Gasteiger partial charge in [0, 0.05) is 6.54 Å². The molecule has 0 aromatic heterocycles. The Morgan fingerprint density at radius 2 is 1.52 bits per heavy atom. The highest BCUT2D eigenvalue weighted by Gasteiger charge is 2.45. The van der Waals surface area contributed by atoms with E-state index in [0.717, 1.165) is 18.4 Å². The summed E-state index contributed by atoms with van der Waals surface area (Å²) in [6, 6.07) is 10.2. The fourth-order valence-electron chi connectivity index (χ4n) is 4.17. The van der Waals surface area contributed by atoms with Crippen LogP contribution >= 0.6 is 0 Å². The quantitative estimate of drug-likeness (QED) is 0.357. The van der Waals surface area contributed by atoms with Crippen LogP contribution in [-0.4, -0.2) is 34.3 Å². The van der Waals surface area contributed by atoms with E-state index in [0.29, 0.717) is 6.54 Å². The third kappa shape index (κ3) is 6.81. The standard InChI is InChI=1S/C23H38N4O2/c1-3-5-6-7-8-9-10-11-12-16-19-23(21-17-14-13-15-18-21)24-25-27(20-22(28)29)26(23)4-2/h13-15,17-18H,3-12,16,19-20H2,1-2H3,(H,28,29). The zero-order valence-corrected chi connectivity index (χ0v) is 18.2. The van der Waals surface area contributed by atoms with Crippen LogP contribution in [0.15, 0.2) is 40.7 Å². The topological polar surface area (TPSA) is 68.5 Å². The van der Waals surface area contributed by atoms with Gasteiger partial charge in [0.15, 0.2) is 12.2 Å². The number of hydrogen-bond acceptors (Lipinski definition) is 5. The minimum Gasteiger partial charge on any atom is -0.480 e. The number of carboxylic acids is 1. The lowest BCUT2D eigenvalue weighted by atomic mass is 9.92. The zero-order chi connectivity index (χ0) is 21.0. The molecule has 0 fully saturated rings. The molecule has 1 aromatic carbocycles. The molecule has 1 aromatic rings. The summed E-state index contributed by atoms with van der Waals surface area (Å²) >= 11 is 0. The van der Waals surface area contributed by atoms with Gasteiger partial charge in [-0.15, -0.1) is 5.11 Å². The van der Waals surface area contributed by atoms with Crippen molar-refractivity contribution in [1.29, 1.82) is 0 Å². The highest BCUT2D eigenvalue weighted by Crippen LogP contribution is 2.41. The van der Waals surface area contributed by atoms with E-state index in [1.165, 1.54) is 62.9 Å². The average molecular weight is 403 g/mol. The second kappa shape index (κ2) is 12.6. The predicted octanol–water partition coefficient (Wildman–Crippen LogP) is 6.15. The number of unbranched alkanes of at least 4 members (excludes halogenated alkanes) is 9. The molecule has 2 rings (SSSR count). The average Bonchev–Trinajstić information content (AvgIpc) is 3.07. The van der Waals surface area contributed by atoms with E-state index in [2.05, 4.69) is 29.4 Å². The lowest BCUT2D eigenvalue weighted by Gasteiger charge is -2.37. The maximum absolute atomic E-state index is 11.2. The minimum atomic E-state index is -0.898. The summed E-state index contributed by atoms with van der Waals surface area (Å²) in [6.45, 7) is 4.78. The van der Waals surface area contributed by atoms with Crippen LogP contribution in [0.4, 0.5) is 0 Å². The van der Waals surface area contributed by atoms with Gasteiger partial charge < -0.3 is 5.11 Å². The van der Waals surface area contributed by atoms with E-state index in [9.17, 15) is 9.90 Å². The molecule has 1 atom stereocenters. The molecule has 0 radical (unpaired) electrons. The van der Waals surface area contributed by atoms with Gasteiger partial charge in [0.25, 0.3) is 0 Å². The number of nitrogens with zero attached hydrogens (tertiary/aromatic N) is 4. The van der Waals surface area contributed by atoms with Gasteiger partial charge in [0.05, 0.1) is 0 Å². The van der Waals surface area contributed by atoms with Gasteiger partial charge in [0.2, 0.25) is 0 Å². The van der Waals surface area contributed by atoms with Crippen molar-refractivity contribution in [2.75, 3.05) is 13.1 Å². The van der Waals surface area contributed by atoms with E-state index < -0.39 is 11.6 Å². The molecule has 0 spiro atoms. The largest absolute Gasteiger partial charge is 0.480 e. The van der Waals surface area contributed by atoms with Crippen molar-refractivity contribution in [3.8, 4) is 0 Å². The molecule has 0 saturated carbocycles. The Morgan fingerprint density at radius 1 is 0.931 bits per heavy atom. The summed E-state index contributed by atoms with van der Waals surface area (Å²) in [5, 5.41) is 21.6. The van der Waals surface area contributed by atoms with E-state index >= 15 is 0 Å². The number of carbonyl (C=O) groups is 1. The first kappa shape index (κ1) is 23.3. The van der Waals surface area contributed by atoms with Crippen molar-refractivity contribution < 1.29 is 9.90 Å². The predicted molar refractivity (Wildman–Crippen MR) is 116 cm³/mol. The third-order valence-corrected chi connectivity index (χ3v) is 5.71. The van der Waals surface area contributed by atoms with Gasteiger partial charge in [-0.05, 0) is 18.4 Å². The van der Waals surface area contributed by atoms with E-state index in [-0.39, 0.29) is 6.54 Å². The van der Waals surface area contributed by atoms with Gasteiger partial charge in [-0.3, -0.25) is 4.79 Å². The summed E-state index contributed by atoms with van der Waals surface area (Å²) in [5.74, 6) is -0.898. The Morgan fingerprint density at radius 3 is 2.07 bits per heavy atom. The Labute approximate surface area is 175 Å². The molecule has 0 bridgehead atoms. The van der Waals surface area contributed by atoms with Crippen LogP contribution < -0.4 is 0 Å². The van der Waals surface area contributed by atoms with Crippen molar-refractivity contribution in [3.63, 3.8) is 0 Å². The monoisotopic (exact) mass is 402 g/mol. The maximum Gasteiger partial charge on any atom is 0.326 e. The number of rotatable bonds is 15. The van der Waals surface area contributed by atoms with E-state index in [1.54, 1.807) is 0 Å². The second-order valence-corrected chi connectivity index (χ2v) is 7.94. The molecule has 1 unspecified atom stereocenters. The van der Waals surface area contributed by atoms with Crippen LogP contribution in [0.2, 0.25) is 0 Å². The van der Waals surface area contributed by atoms with Crippen LogP contribution in [0.3, 0.4) is 0 Å². The van der Waals surface area contributed by atoms with Gasteiger partial charge >= 0.3 is 5.97 Å². The number of aliphatic carboxylic acids is 1. The number of hydrogen-bond donors (Lipinski definition) is 1. The maximum atomic E-state index is 11.2. The number of benzene rings is 1. The van der Waals surface area contributed by atoms with Crippen LogP contribution in [0.25, 0.3) is 0 Å². The first-order valence-corrected chi connectivity index (χ1v) is 11.4. The summed E-state index contributed by atoms with van der Waals surface area (Å²) < 4.78 is 0. The Hall–Kier alpha value is -1.95. The van der Waals surface area contributed by atoms with Gasteiger partial charge in [-0.25, -0.2) is 0 Å². The Balaban J connectivity index is 1.88. The van der Waals surface area contributed by atoms with Crippen molar-refractivity contribution >= 4 is 5.97 Å². The van der Waals surface area contributed by atoms with Crippen LogP contribution in [0.1, 0.15) is 90.0 Å². The first-order valence-electron chi connectivity index (χ1n) is 11.4. The SMILES string of the molecule is CCCCCCCCCCCCC1(c2ccccc2)N=NN(CC(=O)O)N1CC. The summed E-state index contributed by atoms with van der Waals surface area (Å²) in [5.41, 5.74) is 0.487. The first-order chi connectivity index (χ1) is 14.1. The van der Waals surface area contributed by atoms with Crippen LogP contribution in [0, 0.1) is 0 Å². The molecule has 6 heteroatoms. The molecular formula is C23H38N4O2. The summed E-state index contributed by atoms with van der Waals surface area (Å²) in [7, 11) is 0. The van der Waals surface area contributed by atoms with Gasteiger partial charge in [-0.1, -0.05) is 107 Å². The highest BCUT2D eigenvalue weighted by atomic mass is 16.4. The normalized spacial score (nSPS) is 19.2. The van der Waals surface area contributed by atoms with Crippen molar-refractivity contribution in [2.45, 2.75) is 90.1 Å². The molecule has 1 aliphatic heterocycles. The van der Waals surface area contributed by atoms with E-state index in [4.69, 9.17) is 0 Å². The van der Waals surface area contributed by atoms with Crippen molar-refractivity contribution in [2.24, 2.45) is 10.3 Å². The fourth-order valence-corrected chi connectivity index (χ4v) is 4.17. The highest BCUT2D eigenvalue weighted by molar-refractivity contribution is 5.68. The molecule has 1 heterocycles. The number of carboxylic acid groups (broad SMARTS) is 1. The molecule has 162 valence electrons. The van der Waals surface area contributed by atoms with Crippen molar-refractivity contribution in [1.82, 2.24) is 10.1 Å². The molecule has 6 nitrogen and oxygen atoms in total. The summed E-state index contributed by atoms with van der Waals surface area (Å²) in [6.07, 6.45) is 13.7. The van der Waals surface area contributed by atoms with Crippen LogP contribution in [0.5, 0.6) is 0 Å². The van der Waals surface area contributed by atoms with Crippen molar-refractivity contribution in [3.05, 3.63) is 35.9 Å². The Bertz CT molecular complexity index is 623. The lowest BCUT2D eigenvalue weighted by molar-refractivity contribution is -0.147. The third-order valence-electron chi connectivity index (χ3n) is 5.71. The molecule has 0 saturated heterocycles. The second-order valence-electron chi connectivity index (χ2n) is 7.94. The van der Waals surface area contributed by atoms with Gasteiger partial charge in [0.1, 0.15) is 0 Å². The Kier molecular flexibility index (Phi) is 10.1. The molecular weight excluding hydrogens is 364 g/mol. The lowest BCUT2D eigenvalue weighted by Crippen LogP contribution is -2.49. The minimum absolute atomic E-state index is 0.163. The molecule has 1 N–H and O–H groups in total. The zero-order valence-electron chi connectivity index (χ0n) is 18.2.